The van der Waals surface area contributed by atoms with E-state index in [2.05, 4.69) is 23.9 Å². The summed E-state index contributed by atoms with van der Waals surface area (Å²) in [6.07, 6.45) is -34.3. The molecule has 358 valence electrons. The van der Waals surface area contributed by atoms with Crippen LogP contribution in [0.2, 0.25) is 0 Å². The molecule has 1 aromatic heterocycles. The number of ether oxygens (including phenoxy) is 4. The second-order valence-corrected chi connectivity index (χ2v) is 13.3. The Hall–Kier alpha value is -3.69. The third kappa shape index (κ3) is 15.2. The molecule has 31 heteroatoms. The molecule has 0 unspecified atom stereocenters. The Morgan fingerprint density at radius 2 is 0.688 bits per heavy atom. The molecule has 20 atom stereocenters. The van der Waals surface area contributed by atoms with Crippen LogP contribution in [0.3, 0.4) is 0 Å². The second-order valence-electron chi connectivity index (χ2n) is 13.3. The van der Waals surface area contributed by atoms with Crippen molar-refractivity contribution >= 4 is 58.7 Å². The second kappa shape index (κ2) is 25.9. The summed E-state index contributed by atoms with van der Waals surface area (Å²) in [5.74, 6) is -6.80. The fourth-order valence-electron chi connectivity index (χ4n) is 5.28. The van der Waals surface area contributed by atoms with Gasteiger partial charge in [0.05, 0.1) is 29.4 Å². The minimum atomic E-state index is -1.85. The first-order chi connectivity index (χ1) is 29.1. The van der Waals surface area contributed by atoms with Gasteiger partial charge in [-0.05, 0) is 18.2 Å². The number of phenolic OH excluding ortho intramolecular Hbond substituents is 1. The van der Waals surface area contributed by atoms with Crippen molar-refractivity contribution in [2.24, 2.45) is 0 Å². The summed E-state index contributed by atoms with van der Waals surface area (Å²) in [6, 6.07) is 8.98. The van der Waals surface area contributed by atoms with Crippen molar-refractivity contribution in [3.63, 3.8) is 0 Å². The van der Waals surface area contributed by atoms with Gasteiger partial charge < -0.3 is 145 Å². The summed E-state index contributed by atoms with van der Waals surface area (Å²) >= 11 is 0. The SMILES string of the molecule is O=C([O-])[C@H]1O[C@@H](O)[C@H](O)[C@@H](O)[C@@H]1O.O=C([O-])[C@H]1O[C@@H](O)[C@H](O)[C@@H](O)[C@@H]1O.O=C([O-])[C@H]1O[C@@H](O)[C@H](O)[C@@H](O)[C@@H]1O.O=C([O-])[C@H]1O[C@@H](O)[C@H](O)[C@@H](O)[C@@H]1O.Oc1ccc2cccnc2c1.[Sn+4]. The standard InChI is InChI=1S/C9H7NO.4C6H10O7.Sn/c11-8-4-3-7-2-1-5-10-9(7)6-8;4*7-1-2(8)4(5(10)11)13-6(12)3(1)9;/h1-6,11H;4*1-4,6-9,12H,(H,10,11);/q;;;;;+4/p-4/t;4*1-,2-,3+,4-,6+;/m.0000./s1. The van der Waals surface area contributed by atoms with E-state index in [4.69, 9.17) is 86.8 Å². The van der Waals surface area contributed by atoms with Gasteiger partial charge in [-0.1, -0.05) is 6.07 Å². The average Bonchev–Trinajstić information content (AvgIpc) is 3.23. The Morgan fingerprint density at radius 1 is 0.422 bits per heavy atom. The summed E-state index contributed by atoms with van der Waals surface area (Å²) in [7, 11) is 0. The zero-order valence-electron chi connectivity index (χ0n) is 32.0. The molecule has 6 rings (SSSR count). The van der Waals surface area contributed by atoms with Crippen LogP contribution in [0.25, 0.3) is 10.9 Å². The van der Waals surface area contributed by atoms with Crippen LogP contribution >= 0.6 is 0 Å². The maximum absolute atomic E-state index is 10.3. The zero-order valence-corrected chi connectivity index (χ0v) is 34.8. The van der Waals surface area contributed by atoms with Gasteiger partial charge in [-0.2, -0.15) is 0 Å². The third-order valence-electron chi connectivity index (χ3n) is 8.87. The molecule has 64 heavy (non-hydrogen) atoms. The monoisotopic (exact) mass is 1040 g/mol. The van der Waals surface area contributed by atoms with Crippen LogP contribution in [0.5, 0.6) is 5.75 Å². The fraction of sp³-hybridized carbons (Fsp3) is 0.606. The van der Waals surface area contributed by atoms with E-state index in [0.717, 1.165) is 10.9 Å². The van der Waals surface area contributed by atoms with Crippen LogP contribution in [0, 0.1) is 0 Å². The molecule has 0 amide bonds. The van der Waals surface area contributed by atoms with Gasteiger partial charge in [0.15, 0.2) is 25.2 Å². The molecule has 4 fully saturated rings. The van der Waals surface area contributed by atoms with E-state index in [1.54, 1.807) is 18.3 Å². The van der Waals surface area contributed by atoms with Crippen molar-refractivity contribution in [1.82, 2.24) is 4.98 Å². The van der Waals surface area contributed by atoms with Gasteiger partial charge in [0.1, 0.15) is 103 Å². The van der Waals surface area contributed by atoms with E-state index >= 15 is 0 Å². The number of carbonyl (C=O) groups is 4. The number of carboxylic acids is 4. The molecule has 0 aliphatic carbocycles. The summed E-state index contributed by atoms with van der Waals surface area (Å²) in [5.41, 5.74) is 0.826. The summed E-state index contributed by atoms with van der Waals surface area (Å²) in [4.78, 5) is 45.1. The fourth-order valence-corrected chi connectivity index (χ4v) is 5.28. The number of carbonyl (C=O) groups excluding carboxylic acids is 4. The smallest absolute Gasteiger partial charge is 0.547 e. The number of carboxylic acid groups (broad SMARTS) is 4. The number of aliphatic carboxylic acids is 4. The number of aliphatic hydroxyl groups excluding tert-OH is 16. The van der Waals surface area contributed by atoms with E-state index in [1.807, 2.05) is 18.2 Å². The van der Waals surface area contributed by atoms with Crippen LogP contribution in [-0.4, -0.2) is 262 Å². The molecule has 30 nitrogen and oxygen atoms in total. The first kappa shape index (κ1) is 58.3. The molecule has 1 aromatic carbocycles. The molecular formula is C33H43NO29Sn. The van der Waals surface area contributed by atoms with E-state index < -0.39 is 147 Å². The molecule has 0 saturated carbocycles. The zero-order chi connectivity index (χ0) is 48.4. The quantitative estimate of drug-likeness (QED) is 0.126. The normalized spacial score (nSPS) is 39.1. The van der Waals surface area contributed by atoms with Crippen molar-refractivity contribution < 1.29 is 145 Å². The summed E-state index contributed by atoms with van der Waals surface area (Å²) in [5, 5.41) is 194. The first-order valence-corrected chi connectivity index (χ1v) is 17.5. The van der Waals surface area contributed by atoms with Crippen LogP contribution in [0.15, 0.2) is 36.5 Å². The maximum atomic E-state index is 10.3. The third-order valence-corrected chi connectivity index (χ3v) is 8.87. The number of rotatable bonds is 4. The Labute approximate surface area is 373 Å². The molecule has 4 aliphatic heterocycles. The number of hydrogen-bond donors (Lipinski definition) is 17. The number of hydrogen-bond acceptors (Lipinski definition) is 30. The average molecular weight is 1040 g/mol. The molecule has 4 aliphatic rings. The van der Waals surface area contributed by atoms with E-state index in [9.17, 15) is 39.6 Å². The summed E-state index contributed by atoms with van der Waals surface area (Å²) < 4.78 is 17.1. The number of nitrogens with zero attached hydrogens (tertiary/aromatic N) is 1. The Bertz CT molecular complexity index is 1620. The Kier molecular flexibility index (Phi) is 23.6. The van der Waals surface area contributed by atoms with E-state index in [1.165, 1.54) is 0 Å². The van der Waals surface area contributed by atoms with E-state index in [-0.39, 0.29) is 29.7 Å². The molecule has 2 aromatic rings. The van der Waals surface area contributed by atoms with Crippen molar-refractivity contribution in [3.8, 4) is 5.75 Å². The minimum absolute atomic E-state index is 0. The minimum Gasteiger partial charge on any atom is -0.547 e. The van der Waals surface area contributed by atoms with Crippen molar-refractivity contribution in [2.45, 2.75) is 123 Å². The number of aromatic hydroxyl groups is 1. The summed E-state index contributed by atoms with van der Waals surface area (Å²) in [6.45, 7) is 0. The number of aromatic nitrogens is 1. The maximum Gasteiger partial charge on any atom is 4.00 e. The number of benzene rings is 1. The number of aliphatic hydroxyl groups is 16. The molecule has 0 bridgehead atoms. The van der Waals surface area contributed by atoms with Gasteiger partial charge in [0, 0.05) is 17.6 Å². The molecular weight excluding hydrogens is 993 g/mol. The van der Waals surface area contributed by atoms with Crippen LogP contribution < -0.4 is 20.4 Å². The predicted octanol–water partition coefficient (Wildman–Crippen LogP) is -16.3. The van der Waals surface area contributed by atoms with Gasteiger partial charge >= 0.3 is 23.9 Å². The largest absolute Gasteiger partial charge is 4.00 e. The predicted molar refractivity (Wildman–Crippen MR) is 185 cm³/mol. The number of pyridine rings is 1. The van der Waals surface area contributed by atoms with Crippen LogP contribution in [-0.2, 0) is 38.1 Å². The van der Waals surface area contributed by atoms with E-state index in [0.29, 0.717) is 0 Å². The molecule has 4 saturated heterocycles. The molecule has 0 spiro atoms. The van der Waals surface area contributed by atoms with Gasteiger partial charge in [0.2, 0.25) is 0 Å². The molecule has 17 N–H and O–H groups in total. The molecule has 5 heterocycles. The Morgan fingerprint density at radius 3 is 0.938 bits per heavy atom. The van der Waals surface area contributed by atoms with Crippen molar-refractivity contribution in [2.75, 3.05) is 0 Å². The van der Waals surface area contributed by atoms with Gasteiger partial charge in [-0.25, -0.2) is 0 Å². The first-order valence-electron chi connectivity index (χ1n) is 17.5. The Balaban J connectivity index is 0.000000399. The van der Waals surface area contributed by atoms with Crippen molar-refractivity contribution in [1.29, 1.82) is 0 Å². The topological polar surface area (TPSA) is 554 Å². The molecule has 0 radical (unpaired) electrons. The van der Waals surface area contributed by atoms with Gasteiger partial charge in [-0.3, -0.25) is 4.98 Å². The van der Waals surface area contributed by atoms with Gasteiger partial charge in [0.25, 0.3) is 0 Å². The van der Waals surface area contributed by atoms with Gasteiger partial charge in [-0.15, -0.1) is 0 Å². The van der Waals surface area contributed by atoms with Crippen molar-refractivity contribution in [3.05, 3.63) is 36.5 Å². The van der Waals surface area contributed by atoms with Crippen LogP contribution in [0.4, 0.5) is 0 Å². The van der Waals surface area contributed by atoms with Crippen LogP contribution in [0.1, 0.15) is 0 Å². The number of phenols is 1. The number of fused-ring (bicyclic) bond motifs is 1.